The van der Waals surface area contributed by atoms with Crippen molar-refractivity contribution in [3.05, 3.63) is 34.0 Å². The molecule has 0 spiro atoms. The highest BCUT2D eigenvalue weighted by Crippen LogP contribution is 2.14. The Morgan fingerprint density at radius 3 is 2.90 bits per heavy atom. The molecular weight excluding hydrogens is 274 g/mol. The van der Waals surface area contributed by atoms with Gasteiger partial charge in [-0.25, -0.2) is 14.2 Å². The SMILES string of the molecule is CCCC(N)c1cn(CCn2c([N+](=O)[O-])cnc2C)nn1. The van der Waals surface area contributed by atoms with E-state index in [0.29, 0.717) is 18.9 Å². The molecule has 0 saturated carbocycles. The Kier molecular flexibility index (Phi) is 4.63. The predicted octanol–water partition coefficient (Wildman–Crippen LogP) is 1.19. The molecule has 0 aliphatic rings. The van der Waals surface area contributed by atoms with Crippen LogP contribution in [0.3, 0.4) is 0 Å². The quantitative estimate of drug-likeness (QED) is 0.605. The second kappa shape index (κ2) is 6.44. The molecule has 114 valence electrons. The van der Waals surface area contributed by atoms with Gasteiger partial charge in [-0.05, 0) is 11.3 Å². The molecule has 2 aromatic heterocycles. The summed E-state index contributed by atoms with van der Waals surface area (Å²) in [6, 6.07) is -0.118. The monoisotopic (exact) mass is 293 g/mol. The first-order chi connectivity index (χ1) is 10.0. The van der Waals surface area contributed by atoms with Gasteiger partial charge in [0.2, 0.25) is 0 Å². The molecule has 0 aliphatic heterocycles. The topological polar surface area (TPSA) is 118 Å². The number of hydrogen-bond acceptors (Lipinski definition) is 6. The molecule has 2 rings (SSSR count). The van der Waals surface area contributed by atoms with Crippen molar-refractivity contribution in [3.63, 3.8) is 0 Å². The summed E-state index contributed by atoms with van der Waals surface area (Å²) >= 11 is 0. The van der Waals surface area contributed by atoms with Gasteiger partial charge in [0.15, 0.2) is 5.82 Å². The average Bonchev–Trinajstić information content (AvgIpc) is 3.03. The lowest BCUT2D eigenvalue weighted by atomic mass is 10.1. The predicted molar refractivity (Wildman–Crippen MR) is 75.5 cm³/mol. The minimum atomic E-state index is -0.441. The number of imidazole rings is 1. The highest BCUT2D eigenvalue weighted by Gasteiger charge is 2.17. The zero-order valence-corrected chi connectivity index (χ0v) is 12.1. The minimum Gasteiger partial charge on any atom is -0.358 e. The Hall–Kier alpha value is -2.29. The van der Waals surface area contributed by atoms with Crippen molar-refractivity contribution in [2.75, 3.05) is 0 Å². The first kappa shape index (κ1) is 15.1. The molecule has 2 N–H and O–H groups in total. The summed E-state index contributed by atoms with van der Waals surface area (Å²) in [6.45, 7) is 4.68. The van der Waals surface area contributed by atoms with Gasteiger partial charge >= 0.3 is 5.82 Å². The number of aromatic nitrogens is 5. The molecule has 0 radical (unpaired) electrons. The van der Waals surface area contributed by atoms with E-state index in [0.717, 1.165) is 18.5 Å². The number of rotatable bonds is 7. The molecular formula is C12H19N7O2. The van der Waals surface area contributed by atoms with Crippen LogP contribution in [0.5, 0.6) is 0 Å². The molecule has 0 bridgehead atoms. The minimum absolute atomic E-state index is 0.0180. The van der Waals surface area contributed by atoms with Crippen molar-refractivity contribution in [1.29, 1.82) is 0 Å². The first-order valence-electron chi connectivity index (χ1n) is 6.85. The molecule has 1 unspecified atom stereocenters. The summed E-state index contributed by atoms with van der Waals surface area (Å²) in [5.41, 5.74) is 6.72. The van der Waals surface area contributed by atoms with Crippen LogP contribution < -0.4 is 5.73 Å². The molecule has 0 saturated heterocycles. The van der Waals surface area contributed by atoms with Crippen LogP contribution in [0, 0.1) is 17.0 Å². The van der Waals surface area contributed by atoms with E-state index in [9.17, 15) is 10.1 Å². The standard InChI is InChI=1S/C12H19N7O2/c1-3-4-10(13)11-8-17(16-15-11)5-6-18-9(2)14-7-12(18)19(20)21/h7-8,10H,3-6,13H2,1-2H3. The fourth-order valence-electron chi connectivity index (χ4n) is 2.13. The van der Waals surface area contributed by atoms with Crippen molar-refractivity contribution in [2.24, 2.45) is 5.73 Å². The van der Waals surface area contributed by atoms with Gasteiger partial charge in [-0.3, -0.25) is 0 Å². The average molecular weight is 293 g/mol. The number of hydrogen-bond donors (Lipinski definition) is 1. The van der Waals surface area contributed by atoms with E-state index in [1.807, 2.05) is 0 Å². The Morgan fingerprint density at radius 2 is 2.24 bits per heavy atom. The van der Waals surface area contributed by atoms with Crippen LogP contribution in [-0.4, -0.2) is 29.5 Å². The van der Waals surface area contributed by atoms with Crippen LogP contribution in [-0.2, 0) is 13.1 Å². The number of nitro groups is 1. The highest BCUT2D eigenvalue weighted by molar-refractivity contribution is 5.18. The van der Waals surface area contributed by atoms with Gasteiger partial charge in [0, 0.05) is 6.92 Å². The molecule has 9 heteroatoms. The maximum absolute atomic E-state index is 10.9. The van der Waals surface area contributed by atoms with E-state index in [4.69, 9.17) is 5.73 Å². The molecule has 1 atom stereocenters. The Labute approximate surface area is 121 Å². The lowest BCUT2D eigenvalue weighted by Gasteiger charge is -2.04. The maximum atomic E-state index is 10.9. The first-order valence-corrected chi connectivity index (χ1v) is 6.85. The van der Waals surface area contributed by atoms with Crippen molar-refractivity contribution < 1.29 is 4.92 Å². The van der Waals surface area contributed by atoms with E-state index in [2.05, 4.69) is 22.2 Å². The van der Waals surface area contributed by atoms with Crippen LogP contribution in [0.15, 0.2) is 12.4 Å². The van der Waals surface area contributed by atoms with Gasteiger partial charge in [0.1, 0.15) is 12.7 Å². The van der Waals surface area contributed by atoms with Gasteiger partial charge in [-0.1, -0.05) is 18.6 Å². The van der Waals surface area contributed by atoms with Gasteiger partial charge in [-0.15, -0.1) is 5.10 Å². The maximum Gasteiger partial charge on any atom is 0.342 e. The molecule has 9 nitrogen and oxygen atoms in total. The van der Waals surface area contributed by atoms with Crippen molar-refractivity contribution in [3.8, 4) is 0 Å². The fourth-order valence-corrected chi connectivity index (χ4v) is 2.13. The summed E-state index contributed by atoms with van der Waals surface area (Å²) in [4.78, 5) is 14.4. The molecule has 0 fully saturated rings. The van der Waals surface area contributed by atoms with Gasteiger partial charge in [0.25, 0.3) is 0 Å². The third kappa shape index (κ3) is 3.43. The van der Waals surface area contributed by atoms with Crippen molar-refractivity contribution in [2.45, 2.75) is 45.8 Å². The molecule has 0 aliphatic carbocycles. The zero-order valence-electron chi connectivity index (χ0n) is 12.1. The van der Waals surface area contributed by atoms with Crippen LogP contribution in [0.1, 0.15) is 37.3 Å². The fraction of sp³-hybridized carbons (Fsp3) is 0.583. The highest BCUT2D eigenvalue weighted by atomic mass is 16.6. The van der Waals surface area contributed by atoms with Crippen LogP contribution in [0.4, 0.5) is 5.82 Å². The van der Waals surface area contributed by atoms with Crippen molar-refractivity contribution >= 4 is 5.82 Å². The van der Waals surface area contributed by atoms with Gasteiger partial charge in [-0.2, -0.15) is 0 Å². The number of aryl methyl sites for hydroxylation is 2. The second-order valence-electron chi connectivity index (χ2n) is 4.87. The van der Waals surface area contributed by atoms with Gasteiger partial charge < -0.3 is 15.8 Å². The summed E-state index contributed by atoms with van der Waals surface area (Å²) in [5.74, 6) is 0.584. The van der Waals surface area contributed by atoms with E-state index in [-0.39, 0.29) is 11.9 Å². The summed E-state index contributed by atoms with van der Waals surface area (Å²) in [5, 5.41) is 19.0. The lowest BCUT2D eigenvalue weighted by Crippen LogP contribution is -2.12. The smallest absolute Gasteiger partial charge is 0.342 e. The third-order valence-corrected chi connectivity index (χ3v) is 3.31. The molecule has 2 aromatic rings. The zero-order chi connectivity index (χ0) is 15.4. The third-order valence-electron chi connectivity index (χ3n) is 3.31. The number of nitrogens with two attached hydrogens (primary N) is 1. The van der Waals surface area contributed by atoms with E-state index in [1.165, 1.54) is 6.20 Å². The van der Waals surface area contributed by atoms with Crippen LogP contribution >= 0.6 is 0 Å². The Morgan fingerprint density at radius 1 is 1.48 bits per heavy atom. The summed E-state index contributed by atoms with van der Waals surface area (Å²) in [7, 11) is 0. The number of nitrogens with zero attached hydrogens (tertiary/aromatic N) is 6. The van der Waals surface area contributed by atoms with Crippen molar-refractivity contribution in [1.82, 2.24) is 24.5 Å². The van der Waals surface area contributed by atoms with E-state index >= 15 is 0 Å². The van der Waals surface area contributed by atoms with E-state index in [1.54, 1.807) is 22.4 Å². The van der Waals surface area contributed by atoms with Crippen LogP contribution in [0.25, 0.3) is 0 Å². The molecule has 21 heavy (non-hydrogen) atoms. The molecule has 0 aromatic carbocycles. The largest absolute Gasteiger partial charge is 0.358 e. The lowest BCUT2D eigenvalue weighted by molar-refractivity contribution is -0.392. The molecule has 0 amide bonds. The second-order valence-corrected chi connectivity index (χ2v) is 4.87. The molecule has 2 heterocycles. The normalized spacial score (nSPS) is 12.5. The summed E-state index contributed by atoms with van der Waals surface area (Å²) < 4.78 is 3.20. The van der Waals surface area contributed by atoms with Crippen LogP contribution in [0.2, 0.25) is 0 Å². The van der Waals surface area contributed by atoms with E-state index < -0.39 is 4.92 Å². The Bertz CT molecular complexity index is 619. The van der Waals surface area contributed by atoms with Gasteiger partial charge in [0.05, 0.1) is 24.5 Å². The Balaban J connectivity index is 2.04. The summed E-state index contributed by atoms with van der Waals surface area (Å²) in [6.07, 6.45) is 4.89.